The molecular formula is C21H28N2O2. The van der Waals surface area contributed by atoms with Crippen LogP contribution in [0.4, 0.5) is 0 Å². The van der Waals surface area contributed by atoms with Crippen LogP contribution in [0, 0.1) is 5.92 Å². The summed E-state index contributed by atoms with van der Waals surface area (Å²) < 4.78 is 0. The van der Waals surface area contributed by atoms with Gasteiger partial charge >= 0.3 is 0 Å². The van der Waals surface area contributed by atoms with Gasteiger partial charge in [-0.1, -0.05) is 49.6 Å². The summed E-state index contributed by atoms with van der Waals surface area (Å²) in [6, 6.07) is 10.4. The van der Waals surface area contributed by atoms with Gasteiger partial charge in [-0.15, -0.1) is 0 Å². The standard InChI is InChI=1S/C21H28N2O2/c24-20(22-18-14-17(18)15-8-3-1-4-9-15)19-12-7-13-23(19)21(25)16-10-5-2-6-11-16/h1,3-4,8-9,16-19H,2,5-7,10-14H2,(H,22,24). The smallest absolute Gasteiger partial charge is 0.243 e. The van der Waals surface area contributed by atoms with Crippen molar-refractivity contribution in [1.29, 1.82) is 0 Å². The van der Waals surface area contributed by atoms with Crippen molar-refractivity contribution in [2.45, 2.75) is 69.4 Å². The zero-order valence-electron chi connectivity index (χ0n) is 14.8. The van der Waals surface area contributed by atoms with E-state index in [1.54, 1.807) is 0 Å². The van der Waals surface area contributed by atoms with Crippen LogP contribution in [0.5, 0.6) is 0 Å². The zero-order valence-corrected chi connectivity index (χ0v) is 14.8. The summed E-state index contributed by atoms with van der Waals surface area (Å²) in [5.41, 5.74) is 1.30. The minimum absolute atomic E-state index is 0.0603. The Bertz CT molecular complexity index is 624. The fraction of sp³-hybridized carbons (Fsp3) is 0.619. The number of carbonyl (C=O) groups is 2. The number of carbonyl (C=O) groups excluding carboxylic acids is 2. The molecule has 1 aromatic carbocycles. The molecule has 3 fully saturated rings. The molecule has 4 heteroatoms. The van der Waals surface area contributed by atoms with E-state index < -0.39 is 0 Å². The molecule has 0 bridgehead atoms. The summed E-state index contributed by atoms with van der Waals surface area (Å²) in [6.45, 7) is 0.750. The summed E-state index contributed by atoms with van der Waals surface area (Å²) in [4.78, 5) is 27.5. The highest BCUT2D eigenvalue weighted by atomic mass is 16.2. The predicted molar refractivity (Wildman–Crippen MR) is 97.0 cm³/mol. The van der Waals surface area contributed by atoms with E-state index in [0.717, 1.165) is 51.5 Å². The number of hydrogen-bond acceptors (Lipinski definition) is 2. The van der Waals surface area contributed by atoms with Gasteiger partial charge in [0, 0.05) is 24.4 Å². The van der Waals surface area contributed by atoms with Crippen molar-refractivity contribution in [3.05, 3.63) is 35.9 Å². The quantitative estimate of drug-likeness (QED) is 0.915. The van der Waals surface area contributed by atoms with Crippen molar-refractivity contribution in [1.82, 2.24) is 10.2 Å². The van der Waals surface area contributed by atoms with Crippen LogP contribution < -0.4 is 5.32 Å². The highest BCUT2D eigenvalue weighted by molar-refractivity contribution is 5.89. The first kappa shape index (κ1) is 16.6. The Hall–Kier alpha value is -1.84. The third-order valence-corrected chi connectivity index (χ3v) is 6.14. The van der Waals surface area contributed by atoms with Gasteiger partial charge in [0.25, 0.3) is 0 Å². The van der Waals surface area contributed by atoms with Crippen molar-refractivity contribution in [3.8, 4) is 0 Å². The van der Waals surface area contributed by atoms with E-state index in [4.69, 9.17) is 0 Å². The molecule has 3 atom stereocenters. The molecule has 1 N–H and O–H groups in total. The Morgan fingerprint density at radius 1 is 0.960 bits per heavy atom. The van der Waals surface area contributed by atoms with Crippen LogP contribution in [-0.2, 0) is 9.59 Å². The molecule has 134 valence electrons. The molecule has 3 unspecified atom stereocenters. The first-order valence-electron chi connectivity index (χ1n) is 9.90. The number of amides is 2. The lowest BCUT2D eigenvalue weighted by Gasteiger charge is -2.30. The van der Waals surface area contributed by atoms with E-state index in [1.165, 1.54) is 12.0 Å². The molecule has 1 aromatic rings. The van der Waals surface area contributed by atoms with Gasteiger partial charge in [0.15, 0.2) is 0 Å². The molecule has 4 rings (SSSR count). The van der Waals surface area contributed by atoms with Gasteiger partial charge in [0.05, 0.1) is 0 Å². The van der Waals surface area contributed by atoms with Gasteiger partial charge in [-0.2, -0.15) is 0 Å². The average molecular weight is 340 g/mol. The van der Waals surface area contributed by atoms with Crippen LogP contribution in [-0.4, -0.2) is 35.3 Å². The first-order valence-corrected chi connectivity index (χ1v) is 9.90. The van der Waals surface area contributed by atoms with E-state index >= 15 is 0 Å². The topological polar surface area (TPSA) is 49.4 Å². The number of nitrogens with zero attached hydrogens (tertiary/aromatic N) is 1. The Morgan fingerprint density at radius 3 is 2.48 bits per heavy atom. The SMILES string of the molecule is O=C(NC1CC1c1ccccc1)C1CCCN1C(=O)C1CCCCC1. The maximum absolute atomic E-state index is 12.8. The fourth-order valence-electron chi connectivity index (χ4n) is 4.59. The van der Waals surface area contributed by atoms with Crippen LogP contribution in [0.2, 0.25) is 0 Å². The van der Waals surface area contributed by atoms with Crippen LogP contribution in [0.25, 0.3) is 0 Å². The maximum atomic E-state index is 12.8. The lowest BCUT2D eigenvalue weighted by Crippen LogP contribution is -2.48. The highest BCUT2D eigenvalue weighted by Crippen LogP contribution is 2.41. The van der Waals surface area contributed by atoms with Crippen molar-refractivity contribution in [2.75, 3.05) is 6.54 Å². The molecule has 25 heavy (non-hydrogen) atoms. The van der Waals surface area contributed by atoms with Crippen LogP contribution in [0.15, 0.2) is 30.3 Å². The van der Waals surface area contributed by atoms with Crippen LogP contribution in [0.3, 0.4) is 0 Å². The van der Waals surface area contributed by atoms with Gasteiger partial charge < -0.3 is 10.2 Å². The molecule has 1 heterocycles. The van der Waals surface area contributed by atoms with E-state index in [-0.39, 0.29) is 29.8 Å². The maximum Gasteiger partial charge on any atom is 0.243 e. The van der Waals surface area contributed by atoms with E-state index in [1.807, 2.05) is 23.1 Å². The molecule has 3 aliphatic rings. The van der Waals surface area contributed by atoms with Gasteiger partial charge in [0.1, 0.15) is 6.04 Å². The second kappa shape index (κ2) is 7.19. The molecule has 0 spiro atoms. The minimum Gasteiger partial charge on any atom is -0.351 e. The van der Waals surface area contributed by atoms with Crippen molar-refractivity contribution >= 4 is 11.8 Å². The lowest BCUT2D eigenvalue weighted by molar-refractivity contribution is -0.142. The highest BCUT2D eigenvalue weighted by Gasteiger charge is 2.43. The number of benzene rings is 1. The molecule has 2 saturated carbocycles. The second-order valence-corrected chi connectivity index (χ2v) is 7.89. The molecule has 1 saturated heterocycles. The summed E-state index contributed by atoms with van der Waals surface area (Å²) in [5.74, 6) is 0.882. The normalized spacial score (nSPS) is 29.4. The number of hydrogen-bond donors (Lipinski definition) is 1. The third-order valence-electron chi connectivity index (χ3n) is 6.14. The van der Waals surface area contributed by atoms with E-state index in [9.17, 15) is 9.59 Å². The fourth-order valence-corrected chi connectivity index (χ4v) is 4.59. The lowest BCUT2D eigenvalue weighted by atomic mass is 9.88. The number of likely N-dealkylation sites (tertiary alicyclic amines) is 1. The van der Waals surface area contributed by atoms with Gasteiger partial charge in [-0.25, -0.2) is 0 Å². The Labute approximate surface area is 150 Å². The first-order chi connectivity index (χ1) is 12.2. The Kier molecular flexibility index (Phi) is 4.78. The summed E-state index contributed by atoms with van der Waals surface area (Å²) in [7, 11) is 0. The summed E-state index contributed by atoms with van der Waals surface area (Å²) in [5, 5.41) is 3.20. The van der Waals surface area contributed by atoms with Crippen LogP contribution >= 0.6 is 0 Å². The van der Waals surface area contributed by atoms with Crippen molar-refractivity contribution < 1.29 is 9.59 Å². The molecular weight excluding hydrogens is 312 g/mol. The molecule has 4 nitrogen and oxygen atoms in total. The minimum atomic E-state index is -0.244. The van der Waals surface area contributed by atoms with Crippen LogP contribution in [0.1, 0.15) is 62.8 Å². The number of nitrogens with one attached hydrogen (secondary N) is 1. The van der Waals surface area contributed by atoms with Gasteiger partial charge in [-0.3, -0.25) is 9.59 Å². The third kappa shape index (κ3) is 3.58. The number of rotatable bonds is 4. The molecule has 2 amide bonds. The van der Waals surface area contributed by atoms with E-state index in [0.29, 0.717) is 5.92 Å². The molecule has 2 aliphatic carbocycles. The molecule has 0 aromatic heterocycles. The van der Waals surface area contributed by atoms with Gasteiger partial charge in [-0.05, 0) is 37.7 Å². The second-order valence-electron chi connectivity index (χ2n) is 7.89. The molecule has 1 aliphatic heterocycles. The predicted octanol–water partition coefficient (Wildman–Crippen LogP) is 3.23. The Morgan fingerprint density at radius 2 is 1.72 bits per heavy atom. The largest absolute Gasteiger partial charge is 0.351 e. The zero-order chi connectivity index (χ0) is 17.2. The Balaban J connectivity index is 1.34. The average Bonchev–Trinajstić information content (AvgIpc) is 3.25. The van der Waals surface area contributed by atoms with Crippen molar-refractivity contribution in [3.63, 3.8) is 0 Å². The molecule has 0 radical (unpaired) electrons. The summed E-state index contributed by atoms with van der Waals surface area (Å²) >= 11 is 0. The summed E-state index contributed by atoms with van der Waals surface area (Å²) in [6.07, 6.45) is 8.33. The monoisotopic (exact) mass is 340 g/mol. The van der Waals surface area contributed by atoms with Crippen molar-refractivity contribution in [2.24, 2.45) is 5.92 Å². The van der Waals surface area contributed by atoms with E-state index in [2.05, 4.69) is 17.4 Å². The van der Waals surface area contributed by atoms with Gasteiger partial charge in [0.2, 0.25) is 11.8 Å².